The van der Waals surface area contributed by atoms with E-state index in [4.69, 9.17) is 4.52 Å². The summed E-state index contributed by atoms with van der Waals surface area (Å²) in [6, 6.07) is 11.2. The fourth-order valence-corrected chi connectivity index (χ4v) is 3.41. The molecule has 1 aliphatic heterocycles. The quantitative estimate of drug-likeness (QED) is 0.908. The molecule has 2 amide bonds. The van der Waals surface area contributed by atoms with E-state index in [1.54, 1.807) is 36.9 Å². The summed E-state index contributed by atoms with van der Waals surface area (Å²) < 4.78 is 5.02. The molecular formula is C19H24N4O3. The normalized spacial score (nSPS) is 19.9. The summed E-state index contributed by atoms with van der Waals surface area (Å²) in [4.78, 5) is 29.1. The molecule has 2 heterocycles. The molecule has 0 saturated carbocycles. The van der Waals surface area contributed by atoms with Gasteiger partial charge in [-0.2, -0.15) is 0 Å². The molecule has 0 bridgehead atoms. The van der Waals surface area contributed by atoms with Crippen molar-refractivity contribution < 1.29 is 14.1 Å². The standard InChI is InChI=1S/C19H24N4O3/c1-14-12-16(21-26-14)17(24)23-11-7-10-19(13-23,18(25)22(2)3)20-15-8-5-4-6-9-15/h4-6,8-9,12,20H,7,10-11,13H2,1-3H3. The van der Waals surface area contributed by atoms with Crippen molar-refractivity contribution in [2.45, 2.75) is 25.3 Å². The van der Waals surface area contributed by atoms with Gasteiger partial charge in [-0.3, -0.25) is 9.59 Å². The zero-order valence-electron chi connectivity index (χ0n) is 15.4. The summed E-state index contributed by atoms with van der Waals surface area (Å²) in [5.41, 5.74) is 0.266. The number of piperidine rings is 1. The molecule has 7 nitrogen and oxygen atoms in total. The van der Waals surface area contributed by atoms with Crippen LogP contribution in [0.5, 0.6) is 0 Å². The van der Waals surface area contributed by atoms with Gasteiger partial charge in [-0.15, -0.1) is 0 Å². The lowest BCUT2D eigenvalue weighted by Gasteiger charge is -2.43. The minimum absolute atomic E-state index is 0.0461. The van der Waals surface area contributed by atoms with E-state index >= 15 is 0 Å². The number of hydrogen-bond acceptors (Lipinski definition) is 5. The van der Waals surface area contributed by atoms with E-state index in [1.807, 2.05) is 30.3 Å². The van der Waals surface area contributed by atoms with Crippen molar-refractivity contribution in [2.75, 3.05) is 32.5 Å². The maximum Gasteiger partial charge on any atom is 0.276 e. The van der Waals surface area contributed by atoms with Crippen molar-refractivity contribution in [3.05, 3.63) is 47.9 Å². The molecule has 7 heteroatoms. The van der Waals surface area contributed by atoms with E-state index in [2.05, 4.69) is 10.5 Å². The third-order valence-electron chi connectivity index (χ3n) is 4.60. The maximum absolute atomic E-state index is 13.0. The zero-order valence-corrected chi connectivity index (χ0v) is 15.4. The van der Waals surface area contributed by atoms with Gasteiger partial charge in [0.2, 0.25) is 5.91 Å². The molecule has 1 atom stereocenters. The lowest BCUT2D eigenvalue weighted by Crippen LogP contribution is -2.62. The number of rotatable bonds is 4. The van der Waals surface area contributed by atoms with Crippen LogP contribution in [0.2, 0.25) is 0 Å². The molecule has 0 aliphatic carbocycles. The molecular weight excluding hydrogens is 332 g/mol. The number of anilines is 1. The molecule has 1 unspecified atom stereocenters. The Hall–Kier alpha value is -2.83. The fourth-order valence-electron chi connectivity index (χ4n) is 3.41. The highest BCUT2D eigenvalue weighted by molar-refractivity contribution is 5.95. The number of benzene rings is 1. The second kappa shape index (κ2) is 7.19. The second-order valence-electron chi connectivity index (χ2n) is 6.93. The minimum Gasteiger partial charge on any atom is -0.370 e. The van der Waals surface area contributed by atoms with Crippen LogP contribution in [0.25, 0.3) is 0 Å². The SMILES string of the molecule is Cc1cc(C(=O)N2CCCC(Nc3ccccc3)(C(=O)N(C)C)C2)no1. The molecule has 26 heavy (non-hydrogen) atoms. The number of amides is 2. The number of likely N-dealkylation sites (tertiary alicyclic amines) is 1. The molecule has 138 valence electrons. The smallest absolute Gasteiger partial charge is 0.276 e. The van der Waals surface area contributed by atoms with E-state index in [0.29, 0.717) is 18.7 Å². The predicted octanol–water partition coefficient (Wildman–Crippen LogP) is 2.16. The first-order chi connectivity index (χ1) is 12.4. The lowest BCUT2D eigenvalue weighted by atomic mass is 9.86. The van der Waals surface area contributed by atoms with Gasteiger partial charge in [0.05, 0.1) is 6.54 Å². The number of nitrogens with one attached hydrogen (secondary N) is 1. The number of para-hydroxylation sites is 1. The third kappa shape index (κ3) is 3.56. The first kappa shape index (κ1) is 18.0. The van der Waals surface area contributed by atoms with Crippen LogP contribution >= 0.6 is 0 Å². The van der Waals surface area contributed by atoms with Crippen LogP contribution in [-0.2, 0) is 4.79 Å². The van der Waals surface area contributed by atoms with Crippen LogP contribution in [-0.4, -0.2) is 59.5 Å². The Labute approximate surface area is 152 Å². The summed E-state index contributed by atoms with van der Waals surface area (Å²) in [5, 5.41) is 7.21. The Morgan fingerprint density at radius 1 is 1.27 bits per heavy atom. The molecule has 1 N–H and O–H groups in total. The van der Waals surface area contributed by atoms with Crippen molar-refractivity contribution in [2.24, 2.45) is 0 Å². The fraction of sp³-hybridized carbons (Fsp3) is 0.421. The van der Waals surface area contributed by atoms with Gasteiger partial charge in [-0.05, 0) is 31.9 Å². The Morgan fingerprint density at radius 2 is 2.00 bits per heavy atom. The summed E-state index contributed by atoms with van der Waals surface area (Å²) in [6.07, 6.45) is 1.38. The average molecular weight is 356 g/mol. The van der Waals surface area contributed by atoms with Gasteiger partial charge in [0.25, 0.3) is 5.91 Å². The van der Waals surface area contributed by atoms with Crippen LogP contribution in [0.3, 0.4) is 0 Å². The molecule has 1 aromatic heterocycles. The molecule has 1 aromatic carbocycles. The van der Waals surface area contributed by atoms with Crippen LogP contribution in [0.15, 0.2) is 40.9 Å². The van der Waals surface area contributed by atoms with E-state index in [9.17, 15) is 9.59 Å². The lowest BCUT2D eigenvalue weighted by molar-refractivity contribution is -0.135. The van der Waals surface area contributed by atoms with Crippen molar-refractivity contribution >= 4 is 17.5 Å². The Kier molecular flexibility index (Phi) is 4.97. The van der Waals surface area contributed by atoms with Crippen LogP contribution in [0.4, 0.5) is 5.69 Å². The Morgan fingerprint density at radius 3 is 2.62 bits per heavy atom. The molecule has 2 aromatic rings. The predicted molar refractivity (Wildman–Crippen MR) is 97.9 cm³/mol. The van der Waals surface area contributed by atoms with E-state index < -0.39 is 5.54 Å². The number of carbonyl (C=O) groups excluding carboxylic acids is 2. The summed E-state index contributed by atoms with van der Waals surface area (Å²) in [6.45, 7) is 2.62. The zero-order chi connectivity index (χ0) is 18.7. The number of hydrogen-bond donors (Lipinski definition) is 1. The largest absolute Gasteiger partial charge is 0.370 e. The van der Waals surface area contributed by atoms with Gasteiger partial charge in [0, 0.05) is 32.4 Å². The van der Waals surface area contributed by atoms with Gasteiger partial charge >= 0.3 is 0 Å². The van der Waals surface area contributed by atoms with Crippen LogP contribution < -0.4 is 5.32 Å². The first-order valence-corrected chi connectivity index (χ1v) is 8.69. The highest BCUT2D eigenvalue weighted by Crippen LogP contribution is 2.28. The van der Waals surface area contributed by atoms with E-state index in [-0.39, 0.29) is 24.1 Å². The Bertz CT molecular complexity index is 787. The molecule has 1 aliphatic rings. The third-order valence-corrected chi connectivity index (χ3v) is 4.60. The second-order valence-corrected chi connectivity index (χ2v) is 6.93. The molecule has 0 spiro atoms. The summed E-state index contributed by atoms with van der Waals surface area (Å²) in [5.74, 6) is 0.325. The highest BCUT2D eigenvalue weighted by atomic mass is 16.5. The van der Waals surface area contributed by atoms with Gasteiger partial charge in [0.15, 0.2) is 5.69 Å². The van der Waals surface area contributed by atoms with Crippen LogP contribution in [0, 0.1) is 6.92 Å². The number of likely N-dealkylation sites (N-methyl/N-ethyl adjacent to an activating group) is 1. The number of carbonyl (C=O) groups is 2. The summed E-state index contributed by atoms with van der Waals surface area (Å²) in [7, 11) is 3.47. The first-order valence-electron chi connectivity index (χ1n) is 8.69. The highest BCUT2D eigenvalue weighted by Gasteiger charge is 2.44. The van der Waals surface area contributed by atoms with E-state index in [1.165, 1.54) is 0 Å². The topological polar surface area (TPSA) is 78.7 Å². The van der Waals surface area contributed by atoms with Gasteiger partial charge in [0.1, 0.15) is 11.3 Å². The molecule has 1 fully saturated rings. The molecule has 3 rings (SSSR count). The van der Waals surface area contributed by atoms with Crippen LogP contribution in [0.1, 0.15) is 29.1 Å². The number of nitrogens with zero attached hydrogens (tertiary/aromatic N) is 3. The molecule has 0 radical (unpaired) electrons. The van der Waals surface area contributed by atoms with Gasteiger partial charge < -0.3 is 19.6 Å². The average Bonchev–Trinajstić information content (AvgIpc) is 3.07. The van der Waals surface area contributed by atoms with Crippen molar-refractivity contribution in [1.82, 2.24) is 15.0 Å². The van der Waals surface area contributed by atoms with E-state index in [0.717, 1.165) is 12.1 Å². The Balaban J connectivity index is 1.88. The summed E-state index contributed by atoms with van der Waals surface area (Å²) >= 11 is 0. The maximum atomic E-state index is 13.0. The van der Waals surface area contributed by atoms with Crippen molar-refractivity contribution in [3.8, 4) is 0 Å². The van der Waals surface area contributed by atoms with Crippen molar-refractivity contribution in [1.29, 1.82) is 0 Å². The number of aryl methyl sites for hydroxylation is 1. The van der Waals surface area contributed by atoms with Crippen molar-refractivity contribution in [3.63, 3.8) is 0 Å². The van der Waals surface area contributed by atoms with Gasteiger partial charge in [-0.25, -0.2) is 0 Å². The monoisotopic (exact) mass is 356 g/mol. The molecule has 1 saturated heterocycles. The number of aromatic nitrogens is 1. The van der Waals surface area contributed by atoms with Gasteiger partial charge in [-0.1, -0.05) is 23.4 Å². The minimum atomic E-state index is -0.864.